The fourth-order valence-corrected chi connectivity index (χ4v) is 1.07. The van der Waals surface area contributed by atoms with E-state index in [1.54, 1.807) is 14.2 Å². The molecule has 0 radical (unpaired) electrons. The third-order valence-corrected chi connectivity index (χ3v) is 1.71. The highest BCUT2D eigenvalue weighted by Crippen LogP contribution is 1.97. The molecule has 1 heterocycles. The van der Waals surface area contributed by atoms with Gasteiger partial charge in [0.05, 0.1) is 13.5 Å². The molecule has 6 heteroatoms. The zero-order valence-electron chi connectivity index (χ0n) is 8.43. The molecule has 0 N–H and O–H groups in total. The highest BCUT2D eigenvalue weighted by Gasteiger charge is 2.07. The number of carbonyl (C=O) groups excluding carboxylic acids is 1. The van der Waals surface area contributed by atoms with Gasteiger partial charge in [-0.3, -0.25) is 4.79 Å². The molecule has 0 aliphatic heterocycles. The highest BCUT2D eigenvalue weighted by molar-refractivity contribution is 5.79. The maximum absolute atomic E-state index is 11.3. The van der Waals surface area contributed by atoms with Gasteiger partial charge < -0.3 is 4.74 Å². The van der Waals surface area contributed by atoms with Crippen LogP contribution in [0.3, 0.4) is 0 Å². The van der Waals surface area contributed by atoms with Gasteiger partial charge in [0.1, 0.15) is 5.78 Å². The molecule has 0 atom stereocenters. The Morgan fingerprint density at radius 1 is 1.57 bits per heavy atom. The van der Waals surface area contributed by atoms with E-state index in [0.717, 1.165) is 6.42 Å². The van der Waals surface area contributed by atoms with Crippen molar-refractivity contribution in [2.75, 3.05) is 13.7 Å². The predicted octanol–water partition coefficient (Wildman–Crippen LogP) is -0.252. The van der Waals surface area contributed by atoms with Crippen LogP contribution in [0.4, 0.5) is 0 Å². The van der Waals surface area contributed by atoms with Crippen molar-refractivity contribution in [3.8, 4) is 0 Å². The first-order valence-electron chi connectivity index (χ1n) is 4.46. The molecule has 0 fully saturated rings. The number of aryl methyl sites for hydroxylation is 1. The Bertz CT molecular complexity index is 297. The Balaban J connectivity index is 2.27. The molecule has 14 heavy (non-hydrogen) atoms. The van der Waals surface area contributed by atoms with E-state index in [2.05, 4.69) is 15.4 Å². The van der Waals surface area contributed by atoms with Crippen LogP contribution in [-0.4, -0.2) is 39.7 Å². The zero-order valence-corrected chi connectivity index (χ0v) is 8.43. The van der Waals surface area contributed by atoms with Gasteiger partial charge >= 0.3 is 0 Å². The van der Waals surface area contributed by atoms with Crippen LogP contribution in [0.15, 0.2) is 0 Å². The normalized spacial score (nSPS) is 10.4. The molecule has 0 aliphatic rings. The van der Waals surface area contributed by atoms with Gasteiger partial charge in [-0.05, 0) is 11.6 Å². The van der Waals surface area contributed by atoms with Gasteiger partial charge in [0, 0.05) is 20.1 Å². The van der Waals surface area contributed by atoms with Crippen molar-refractivity contribution < 1.29 is 9.53 Å². The molecule has 0 aliphatic carbocycles. The molecule has 1 aromatic rings. The van der Waals surface area contributed by atoms with Crippen LogP contribution in [-0.2, 0) is 23.0 Å². The van der Waals surface area contributed by atoms with Crippen LogP contribution in [0, 0.1) is 0 Å². The Labute approximate surface area is 82.2 Å². The van der Waals surface area contributed by atoms with Gasteiger partial charge in [-0.1, -0.05) is 0 Å². The van der Waals surface area contributed by atoms with Crippen molar-refractivity contribution in [1.82, 2.24) is 20.2 Å². The van der Waals surface area contributed by atoms with Crippen molar-refractivity contribution in [1.29, 1.82) is 0 Å². The summed E-state index contributed by atoms with van der Waals surface area (Å²) in [5, 5.41) is 11.3. The van der Waals surface area contributed by atoms with Crippen molar-refractivity contribution in [3.63, 3.8) is 0 Å². The number of rotatable bonds is 6. The summed E-state index contributed by atoms with van der Waals surface area (Å²) in [7, 11) is 3.29. The fraction of sp³-hybridized carbons (Fsp3) is 0.750. The van der Waals surface area contributed by atoms with Gasteiger partial charge in [0.25, 0.3) is 0 Å². The van der Waals surface area contributed by atoms with Gasteiger partial charge in [-0.25, -0.2) is 0 Å². The number of Topliss-reactive ketones (excluding diaryl/α,β-unsaturated/α-hetero) is 1. The lowest BCUT2D eigenvalue weighted by Crippen LogP contribution is -2.06. The molecule has 1 aromatic heterocycles. The zero-order chi connectivity index (χ0) is 10.4. The number of hydrogen-bond acceptors (Lipinski definition) is 5. The Morgan fingerprint density at radius 3 is 2.93 bits per heavy atom. The minimum absolute atomic E-state index is 0.120. The highest BCUT2D eigenvalue weighted by atomic mass is 16.5. The Morgan fingerprint density at radius 2 is 2.36 bits per heavy atom. The number of ether oxygens (including phenoxy) is 1. The molecule has 0 saturated carbocycles. The molecule has 0 bridgehead atoms. The molecule has 0 aromatic carbocycles. The largest absolute Gasteiger partial charge is 0.385 e. The number of nitrogens with zero attached hydrogens (tertiary/aromatic N) is 4. The summed E-state index contributed by atoms with van der Waals surface area (Å²) in [4.78, 5) is 12.7. The van der Waals surface area contributed by atoms with Crippen LogP contribution in [0.5, 0.6) is 0 Å². The molecule has 6 nitrogen and oxygen atoms in total. The third-order valence-electron chi connectivity index (χ3n) is 1.71. The van der Waals surface area contributed by atoms with Crippen LogP contribution in [0.1, 0.15) is 18.7 Å². The second kappa shape index (κ2) is 5.43. The average molecular weight is 198 g/mol. The summed E-state index contributed by atoms with van der Waals surface area (Å²) in [5.74, 6) is 0.602. The van der Waals surface area contributed by atoms with Crippen molar-refractivity contribution >= 4 is 5.78 Å². The lowest BCUT2D eigenvalue weighted by Gasteiger charge is -1.96. The number of tetrazole rings is 1. The minimum Gasteiger partial charge on any atom is -0.385 e. The number of hydrogen-bond donors (Lipinski definition) is 0. The second-order valence-electron chi connectivity index (χ2n) is 3.01. The molecule has 0 amide bonds. The van der Waals surface area contributed by atoms with Gasteiger partial charge in [-0.2, -0.15) is 4.80 Å². The van der Waals surface area contributed by atoms with Crippen LogP contribution >= 0.6 is 0 Å². The quantitative estimate of drug-likeness (QED) is 0.589. The average Bonchev–Trinajstić information content (AvgIpc) is 2.52. The molecule has 1 rings (SSSR count). The van der Waals surface area contributed by atoms with E-state index in [4.69, 9.17) is 4.74 Å². The smallest absolute Gasteiger partial charge is 0.182 e. The lowest BCUT2D eigenvalue weighted by molar-refractivity contribution is -0.118. The predicted molar refractivity (Wildman–Crippen MR) is 48.6 cm³/mol. The number of methoxy groups -OCH3 is 1. The molecule has 0 saturated heterocycles. The standard InChI is InChI=1S/C8H14N4O2/c1-12-10-8(9-11-12)6-7(13)4-3-5-14-2/h3-6H2,1-2H3. The topological polar surface area (TPSA) is 69.9 Å². The summed E-state index contributed by atoms with van der Waals surface area (Å²) in [5.41, 5.74) is 0. The summed E-state index contributed by atoms with van der Waals surface area (Å²) >= 11 is 0. The number of carbonyl (C=O) groups is 1. The SMILES string of the molecule is COCCCC(=O)Cc1nnn(C)n1. The van der Waals surface area contributed by atoms with Gasteiger partial charge in [-0.15, -0.1) is 10.2 Å². The fourth-order valence-electron chi connectivity index (χ4n) is 1.07. The second-order valence-corrected chi connectivity index (χ2v) is 3.01. The van der Waals surface area contributed by atoms with Crippen LogP contribution < -0.4 is 0 Å². The van der Waals surface area contributed by atoms with E-state index in [1.807, 2.05) is 0 Å². The summed E-state index contributed by atoms with van der Waals surface area (Å²) in [6, 6.07) is 0. The summed E-state index contributed by atoms with van der Waals surface area (Å²) in [6.07, 6.45) is 1.51. The van der Waals surface area contributed by atoms with E-state index >= 15 is 0 Å². The Hall–Kier alpha value is -1.30. The van der Waals surface area contributed by atoms with Crippen molar-refractivity contribution in [3.05, 3.63) is 5.82 Å². The van der Waals surface area contributed by atoms with Crippen LogP contribution in [0.2, 0.25) is 0 Å². The third kappa shape index (κ3) is 3.61. The first kappa shape index (κ1) is 10.8. The molecule has 0 unspecified atom stereocenters. The molecule has 78 valence electrons. The van der Waals surface area contributed by atoms with Crippen molar-refractivity contribution in [2.45, 2.75) is 19.3 Å². The first-order valence-corrected chi connectivity index (χ1v) is 4.46. The summed E-state index contributed by atoms with van der Waals surface area (Å²) < 4.78 is 4.85. The molecular formula is C8H14N4O2. The van der Waals surface area contributed by atoms with Gasteiger partial charge in [0.2, 0.25) is 0 Å². The van der Waals surface area contributed by atoms with E-state index < -0.39 is 0 Å². The van der Waals surface area contributed by atoms with E-state index in [0.29, 0.717) is 18.9 Å². The number of ketones is 1. The maximum atomic E-state index is 11.3. The first-order chi connectivity index (χ1) is 6.72. The van der Waals surface area contributed by atoms with E-state index in [1.165, 1.54) is 4.80 Å². The van der Waals surface area contributed by atoms with Crippen LogP contribution in [0.25, 0.3) is 0 Å². The monoisotopic (exact) mass is 198 g/mol. The van der Waals surface area contributed by atoms with Crippen molar-refractivity contribution in [2.24, 2.45) is 7.05 Å². The molecule has 0 spiro atoms. The minimum atomic E-state index is 0.120. The maximum Gasteiger partial charge on any atom is 0.182 e. The number of aromatic nitrogens is 4. The molecular weight excluding hydrogens is 184 g/mol. The lowest BCUT2D eigenvalue weighted by atomic mass is 10.2. The van der Waals surface area contributed by atoms with E-state index in [-0.39, 0.29) is 12.2 Å². The van der Waals surface area contributed by atoms with Gasteiger partial charge in [0.15, 0.2) is 5.82 Å². The Kier molecular flexibility index (Phi) is 4.18. The van der Waals surface area contributed by atoms with E-state index in [9.17, 15) is 4.79 Å². The summed E-state index contributed by atoms with van der Waals surface area (Å²) in [6.45, 7) is 0.611.